The molecule has 3 aromatic heterocycles. The monoisotopic (exact) mass is 442 g/mol. The van der Waals surface area contributed by atoms with Gasteiger partial charge in [0, 0.05) is 23.3 Å². The van der Waals surface area contributed by atoms with Crippen LogP contribution in [-0.2, 0) is 17.8 Å². The summed E-state index contributed by atoms with van der Waals surface area (Å²) < 4.78 is 12.4. The zero-order chi connectivity index (χ0) is 21.1. The van der Waals surface area contributed by atoms with Crippen LogP contribution >= 0.6 is 22.9 Å². The summed E-state index contributed by atoms with van der Waals surface area (Å²) in [4.78, 5) is 21.4. The SMILES string of the molecule is COc1ccc(-c2nc(CC(=O)NCc3cn4cc(Cl)ccc4n3)cs2)cc1OC. The van der Waals surface area contributed by atoms with Gasteiger partial charge in [0.1, 0.15) is 10.7 Å². The first-order valence-electron chi connectivity index (χ1n) is 9.12. The van der Waals surface area contributed by atoms with Crippen LogP contribution < -0.4 is 14.8 Å². The smallest absolute Gasteiger partial charge is 0.226 e. The van der Waals surface area contributed by atoms with Gasteiger partial charge in [-0.15, -0.1) is 11.3 Å². The highest BCUT2D eigenvalue weighted by Gasteiger charge is 2.12. The number of thiazole rings is 1. The zero-order valence-corrected chi connectivity index (χ0v) is 18.0. The van der Waals surface area contributed by atoms with Crippen LogP contribution in [0.4, 0.5) is 0 Å². The molecule has 3 heterocycles. The molecular formula is C21H19ClN4O3S. The zero-order valence-electron chi connectivity index (χ0n) is 16.4. The highest BCUT2D eigenvalue weighted by atomic mass is 35.5. The lowest BCUT2D eigenvalue weighted by atomic mass is 10.2. The molecule has 4 aromatic rings. The van der Waals surface area contributed by atoms with Crippen molar-refractivity contribution in [1.29, 1.82) is 0 Å². The van der Waals surface area contributed by atoms with E-state index >= 15 is 0 Å². The van der Waals surface area contributed by atoms with Crippen molar-refractivity contribution in [3.8, 4) is 22.1 Å². The summed E-state index contributed by atoms with van der Waals surface area (Å²) in [5.74, 6) is 1.18. The molecule has 0 aliphatic rings. The number of nitrogens with zero attached hydrogens (tertiary/aromatic N) is 3. The lowest BCUT2D eigenvalue weighted by Gasteiger charge is -2.08. The maximum Gasteiger partial charge on any atom is 0.226 e. The number of nitrogens with one attached hydrogen (secondary N) is 1. The van der Waals surface area contributed by atoms with Crippen molar-refractivity contribution < 1.29 is 14.3 Å². The lowest BCUT2D eigenvalue weighted by Crippen LogP contribution is -2.24. The predicted octanol–water partition coefficient (Wildman–Crippen LogP) is 3.99. The Morgan fingerprint density at radius 2 is 1.93 bits per heavy atom. The fraction of sp³-hybridized carbons (Fsp3) is 0.190. The van der Waals surface area contributed by atoms with Gasteiger partial charge in [-0.2, -0.15) is 0 Å². The maximum absolute atomic E-state index is 12.3. The Balaban J connectivity index is 1.38. The quantitative estimate of drug-likeness (QED) is 0.468. The molecule has 4 rings (SSSR count). The van der Waals surface area contributed by atoms with Crippen molar-refractivity contribution in [3.63, 3.8) is 0 Å². The number of fused-ring (bicyclic) bond motifs is 1. The van der Waals surface area contributed by atoms with Crippen LogP contribution in [0.2, 0.25) is 5.02 Å². The normalized spacial score (nSPS) is 10.9. The molecule has 0 unspecified atom stereocenters. The van der Waals surface area contributed by atoms with Crippen molar-refractivity contribution >= 4 is 34.5 Å². The van der Waals surface area contributed by atoms with Crippen molar-refractivity contribution in [1.82, 2.24) is 19.7 Å². The number of hydrogen-bond acceptors (Lipinski definition) is 6. The van der Waals surface area contributed by atoms with Gasteiger partial charge in [0.05, 0.1) is 43.6 Å². The van der Waals surface area contributed by atoms with E-state index in [1.807, 2.05) is 40.2 Å². The van der Waals surface area contributed by atoms with E-state index in [1.165, 1.54) is 11.3 Å². The number of imidazole rings is 1. The summed E-state index contributed by atoms with van der Waals surface area (Å²) in [5, 5.41) is 6.22. The molecule has 1 amide bonds. The van der Waals surface area contributed by atoms with Crippen molar-refractivity contribution in [3.05, 3.63) is 64.5 Å². The summed E-state index contributed by atoms with van der Waals surface area (Å²) in [6, 6.07) is 9.24. The number of rotatable bonds is 7. The van der Waals surface area contributed by atoms with Crippen molar-refractivity contribution in [2.45, 2.75) is 13.0 Å². The van der Waals surface area contributed by atoms with Crippen LogP contribution in [0.1, 0.15) is 11.4 Å². The average Bonchev–Trinajstić information content (AvgIpc) is 3.38. The first-order chi connectivity index (χ1) is 14.6. The number of aromatic nitrogens is 3. The molecule has 9 heteroatoms. The number of ether oxygens (including phenoxy) is 2. The number of amides is 1. The van der Waals surface area contributed by atoms with E-state index in [0.29, 0.717) is 28.8 Å². The minimum atomic E-state index is -0.116. The highest BCUT2D eigenvalue weighted by molar-refractivity contribution is 7.13. The van der Waals surface area contributed by atoms with E-state index < -0.39 is 0 Å². The maximum atomic E-state index is 12.3. The van der Waals surface area contributed by atoms with Gasteiger partial charge in [-0.1, -0.05) is 11.6 Å². The molecule has 154 valence electrons. The Hall–Kier alpha value is -3.10. The van der Waals surface area contributed by atoms with Gasteiger partial charge in [0.15, 0.2) is 11.5 Å². The third kappa shape index (κ3) is 4.39. The van der Waals surface area contributed by atoms with Crippen LogP contribution in [0.5, 0.6) is 11.5 Å². The standard InChI is InChI=1S/C21H19ClN4O3S/c1-28-17-5-3-13(7-18(17)29-2)21-25-15(12-30-21)8-20(27)23-9-16-11-26-10-14(22)4-6-19(26)24-16/h3-7,10-12H,8-9H2,1-2H3,(H,23,27). The fourth-order valence-electron chi connectivity index (χ4n) is 3.01. The second-order valence-electron chi connectivity index (χ2n) is 6.51. The van der Waals surface area contributed by atoms with Gasteiger partial charge in [-0.3, -0.25) is 4.79 Å². The topological polar surface area (TPSA) is 77.8 Å². The van der Waals surface area contributed by atoms with Crippen molar-refractivity contribution in [2.24, 2.45) is 0 Å². The average molecular weight is 443 g/mol. The van der Waals surface area contributed by atoms with Crippen LogP contribution in [0.25, 0.3) is 16.2 Å². The number of carbonyl (C=O) groups is 1. The molecule has 1 N–H and O–H groups in total. The third-order valence-corrected chi connectivity index (χ3v) is 5.62. The van der Waals surface area contributed by atoms with Gasteiger partial charge in [-0.05, 0) is 30.3 Å². The Bertz CT molecular complexity index is 1200. The molecule has 0 fully saturated rings. The van der Waals surface area contributed by atoms with Crippen LogP contribution in [0.15, 0.2) is 48.1 Å². The summed E-state index contributed by atoms with van der Waals surface area (Å²) in [6.07, 6.45) is 3.82. The Kier molecular flexibility index (Phi) is 5.87. The molecular weight excluding hydrogens is 424 g/mol. The first kappa shape index (κ1) is 20.2. The van der Waals surface area contributed by atoms with Crippen LogP contribution in [0.3, 0.4) is 0 Å². The molecule has 7 nitrogen and oxygen atoms in total. The van der Waals surface area contributed by atoms with Gasteiger partial charge >= 0.3 is 0 Å². The second-order valence-corrected chi connectivity index (χ2v) is 7.81. The lowest BCUT2D eigenvalue weighted by molar-refractivity contribution is -0.120. The third-order valence-electron chi connectivity index (χ3n) is 4.46. The Labute approximate surface area is 182 Å². The second kappa shape index (κ2) is 8.73. The van der Waals surface area contributed by atoms with E-state index in [0.717, 1.165) is 21.9 Å². The molecule has 30 heavy (non-hydrogen) atoms. The number of methoxy groups -OCH3 is 2. The largest absolute Gasteiger partial charge is 0.493 e. The summed E-state index contributed by atoms with van der Waals surface area (Å²) in [5.41, 5.74) is 3.16. The molecule has 0 aliphatic carbocycles. The molecule has 0 bridgehead atoms. The highest BCUT2D eigenvalue weighted by Crippen LogP contribution is 2.33. The molecule has 0 aliphatic heterocycles. The first-order valence-corrected chi connectivity index (χ1v) is 10.4. The number of pyridine rings is 1. The number of hydrogen-bond donors (Lipinski definition) is 1. The number of halogens is 1. The molecule has 0 saturated heterocycles. The van der Waals surface area contributed by atoms with E-state index in [4.69, 9.17) is 21.1 Å². The Morgan fingerprint density at radius 1 is 1.10 bits per heavy atom. The molecule has 0 atom stereocenters. The van der Waals surface area contributed by atoms with E-state index in [1.54, 1.807) is 26.5 Å². The molecule has 0 saturated carbocycles. The van der Waals surface area contributed by atoms with E-state index in [2.05, 4.69) is 15.3 Å². The van der Waals surface area contributed by atoms with Gasteiger partial charge in [0.25, 0.3) is 0 Å². The van der Waals surface area contributed by atoms with Crippen LogP contribution in [-0.4, -0.2) is 34.5 Å². The van der Waals surface area contributed by atoms with E-state index in [9.17, 15) is 4.79 Å². The molecule has 0 spiro atoms. The predicted molar refractivity (Wildman–Crippen MR) is 116 cm³/mol. The Morgan fingerprint density at radius 3 is 2.73 bits per heavy atom. The van der Waals surface area contributed by atoms with Crippen molar-refractivity contribution in [2.75, 3.05) is 14.2 Å². The van der Waals surface area contributed by atoms with Crippen LogP contribution in [0, 0.1) is 0 Å². The molecule has 0 radical (unpaired) electrons. The number of carbonyl (C=O) groups excluding carboxylic acids is 1. The van der Waals surface area contributed by atoms with Gasteiger partial charge in [-0.25, -0.2) is 9.97 Å². The number of benzene rings is 1. The fourth-order valence-corrected chi connectivity index (χ4v) is 3.99. The van der Waals surface area contributed by atoms with Gasteiger partial charge < -0.3 is 19.2 Å². The summed E-state index contributed by atoms with van der Waals surface area (Å²) in [6.45, 7) is 0.338. The van der Waals surface area contributed by atoms with E-state index in [-0.39, 0.29) is 12.3 Å². The molecule has 1 aromatic carbocycles. The summed E-state index contributed by atoms with van der Waals surface area (Å²) in [7, 11) is 3.19. The minimum Gasteiger partial charge on any atom is -0.493 e. The van der Waals surface area contributed by atoms with Gasteiger partial charge in [0.2, 0.25) is 5.91 Å². The minimum absolute atomic E-state index is 0.116. The summed E-state index contributed by atoms with van der Waals surface area (Å²) >= 11 is 7.47.